The monoisotopic (exact) mass is 380 g/mol. The molecule has 0 fully saturated rings. The van der Waals surface area contributed by atoms with Crippen molar-refractivity contribution in [3.8, 4) is 0 Å². The third kappa shape index (κ3) is 9.85. The Morgan fingerprint density at radius 2 is 1.31 bits per heavy atom. The number of aromatic carboxylic acids is 1. The highest BCUT2D eigenvalue weighted by atomic mass is 32.1. The lowest BCUT2D eigenvalue weighted by molar-refractivity contribution is -0.118. The lowest BCUT2D eigenvalue weighted by Crippen LogP contribution is -2.06. The molecule has 0 saturated carbocycles. The Hall–Kier alpha value is -1.49. The number of carboxylic acid groups (broad SMARTS) is 1. The number of hydrogen-bond donors (Lipinski definition) is 1. The molecule has 0 aliphatic heterocycles. The van der Waals surface area contributed by atoms with Crippen LogP contribution in [0.4, 0.5) is 0 Å². The molecule has 0 saturated heterocycles. The topological polar surface area (TPSA) is 71.4 Å². The predicted octanol–water partition coefficient (Wildman–Crippen LogP) is 6.29. The SMILES string of the molecule is CCCCCCCCCCCCCC(=O)CC(=O)c1ccc(C(=O)O)s1. The summed E-state index contributed by atoms with van der Waals surface area (Å²) in [5, 5.41) is 8.86. The molecular weight excluding hydrogens is 348 g/mol. The van der Waals surface area contributed by atoms with Crippen molar-refractivity contribution >= 4 is 28.9 Å². The number of hydrogen-bond acceptors (Lipinski definition) is 4. The minimum atomic E-state index is -1.04. The second-order valence-corrected chi connectivity index (χ2v) is 7.98. The highest BCUT2D eigenvalue weighted by molar-refractivity contribution is 7.15. The Balaban J connectivity index is 2.02. The fourth-order valence-corrected chi connectivity index (χ4v) is 3.73. The van der Waals surface area contributed by atoms with Gasteiger partial charge in [0, 0.05) is 6.42 Å². The zero-order valence-electron chi connectivity index (χ0n) is 15.9. The number of unbranched alkanes of at least 4 members (excludes halogenated alkanes) is 10. The van der Waals surface area contributed by atoms with Gasteiger partial charge in [0.05, 0.1) is 11.3 Å². The van der Waals surface area contributed by atoms with Crippen LogP contribution in [0.3, 0.4) is 0 Å². The lowest BCUT2D eigenvalue weighted by atomic mass is 10.0. The van der Waals surface area contributed by atoms with Crippen molar-refractivity contribution in [3.63, 3.8) is 0 Å². The van der Waals surface area contributed by atoms with E-state index < -0.39 is 5.97 Å². The molecule has 1 aromatic heterocycles. The molecule has 4 nitrogen and oxygen atoms in total. The van der Waals surface area contributed by atoms with Crippen LogP contribution in [0.5, 0.6) is 0 Å². The number of ketones is 2. The quantitative estimate of drug-likeness (QED) is 0.208. The molecule has 0 spiro atoms. The number of rotatable bonds is 16. The van der Waals surface area contributed by atoms with Crippen molar-refractivity contribution in [2.75, 3.05) is 0 Å². The molecule has 0 bridgehead atoms. The van der Waals surface area contributed by atoms with Crippen molar-refractivity contribution in [1.82, 2.24) is 0 Å². The van der Waals surface area contributed by atoms with Crippen LogP contribution >= 0.6 is 11.3 Å². The molecule has 1 rings (SSSR count). The van der Waals surface area contributed by atoms with Crippen LogP contribution in [0.15, 0.2) is 12.1 Å². The van der Waals surface area contributed by atoms with Gasteiger partial charge in [-0.2, -0.15) is 0 Å². The van der Waals surface area contributed by atoms with Gasteiger partial charge in [0.1, 0.15) is 10.7 Å². The number of thiophene rings is 1. The van der Waals surface area contributed by atoms with Gasteiger partial charge in [-0.05, 0) is 18.6 Å². The van der Waals surface area contributed by atoms with E-state index in [0.29, 0.717) is 11.3 Å². The summed E-state index contributed by atoms with van der Waals surface area (Å²) in [4.78, 5) is 35.2. The molecule has 0 unspecified atom stereocenters. The lowest BCUT2D eigenvalue weighted by Gasteiger charge is -2.02. The van der Waals surface area contributed by atoms with Crippen LogP contribution in [0.25, 0.3) is 0 Å². The maximum atomic E-state index is 12.0. The van der Waals surface area contributed by atoms with E-state index in [-0.39, 0.29) is 22.9 Å². The molecule has 0 atom stereocenters. The van der Waals surface area contributed by atoms with Gasteiger partial charge in [0.2, 0.25) is 0 Å². The highest BCUT2D eigenvalue weighted by Gasteiger charge is 2.15. The Kier molecular flexibility index (Phi) is 11.9. The van der Waals surface area contributed by atoms with E-state index in [1.54, 1.807) is 0 Å². The minimum absolute atomic E-state index is 0.0452. The zero-order chi connectivity index (χ0) is 19.2. The van der Waals surface area contributed by atoms with Crippen molar-refractivity contribution in [3.05, 3.63) is 21.9 Å². The van der Waals surface area contributed by atoms with Gasteiger partial charge in [-0.15, -0.1) is 11.3 Å². The number of carbonyl (C=O) groups excluding carboxylic acids is 2. The van der Waals surface area contributed by atoms with Gasteiger partial charge < -0.3 is 5.11 Å². The molecule has 0 aliphatic carbocycles. The van der Waals surface area contributed by atoms with Crippen molar-refractivity contribution in [2.45, 2.75) is 90.4 Å². The second kappa shape index (κ2) is 13.7. The van der Waals surface area contributed by atoms with Crippen LogP contribution in [-0.2, 0) is 4.79 Å². The molecule has 146 valence electrons. The second-order valence-electron chi connectivity index (χ2n) is 6.89. The third-order valence-electron chi connectivity index (χ3n) is 4.51. The summed E-state index contributed by atoms with van der Waals surface area (Å²) in [6, 6.07) is 2.90. The van der Waals surface area contributed by atoms with Gasteiger partial charge in [0.15, 0.2) is 5.78 Å². The smallest absolute Gasteiger partial charge is 0.345 e. The van der Waals surface area contributed by atoms with Crippen molar-refractivity contribution in [1.29, 1.82) is 0 Å². The van der Waals surface area contributed by atoms with Crippen LogP contribution < -0.4 is 0 Å². The minimum Gasteiger partial charge on any atom is -0.477 e. The molecule has 26 heavy (non-hydrogen) atoms. The van der Waals surface area contributed by atoms with Gasteiger partial charge >= 0.3 is 5.97 Å². The predicted molar refractivity (Wildman–Crippen MR) is 106 cm³/mol. The maximum absolute atomic E-state index is 12.0. The van der Waals surface area contributed by atoms with Gasteiger partial charge in [0.25, 0.3) is 0 Å². The highest BCUT2D eigenvalue weighted by Crippen LogP contribution is 2.19. The van der Waals surface area contributed by atoms with E-state index in [2.05, 4.69) is 6.92 Å². The molecule has 1 aromatic rings. The maximum Gasteiger partial charge on any atom is 0.345 e. The van der Waals surface area contributed by atoms with Crippen LogP contribution in [0.1, 0.15) is 110 Å². The Morgan fingerprint density at radius 1 is 0.808 bits per heavy atom. The summed E-state index contributed by atoms with van der Waals surface area (Å²) in [5.41, 5.74) is 0. The van der Waals surface area contributed by atoms with Crippen LogP contribution in [0, 0.1) is 0 Å². The first-order chi connectivity index (χ1) is 12.5. The molecular formula is C21H32O4S. The van der Waals surface area contributed by atoms with Crippen molar-refractivity contribution < 1.29 is 19.5 Å². The Morgan fingerprint density at radius 3 is 1.81 bits per heavy atom. The number of carboxylic acids is 1. The first kappa shape index (κ1) is 22.6. The average Bonchev–Trinajstić information content (AvgIpc) is 3.10. The molecule has 0 aliphatic rings. The van der Waals surface area contributed by atoms with Gasteiger partial charge in [-0.25, -0.2) is 4.79 Å². The molecule has 1 N–H and O–H groups in total. The Bertz CT molecular complexity index is 562. The van der Waals surface area contributed by atoms with Crippen LogP contribution in [0.2, 0.25) is 0 Å². The summed E-state index contributed by atoms with van der Waals surface area (Å²) in [7, 11) is 0. The van der Waals surface area contributed by atoms with Crippen LogP contribution in [-0.4, -0.2) is 22.6 Å². The van der Waals surface area contributed by atoms with E-state index >= 15 is 0 Å². The molecule has 0 amide bonds. The summed E-state index contributed by atoms with van der Waals surface area (Å²) in [5.74, 6) is -1.35. The molecule has 5 heteroatoms. The molecule has 0 radical (unpaired) electrons. The van der Waals surface area contributed by atoms with E-state index in [4.69, 9.17) is 5.11 Å². The van der Waals surface area contributed by atoms with E-state index in [1.807, 2.05) is 0 Å². The Labute approximate surface area is 161 Å². The van der Waals surface area contributed by atoms with Crippen molar-refractivity contribution in [2.24, 2.45) is 0 Å². The van der Waals surface area contributed by atoms with E-state index in [9.17, 15) is 14.4 Å². The fourth-order valence-electron chi connectivity index (χ4n) is 2.94. The fraction of sp³-hybridized carbons (Fsp3) is 0.667. The zero-order valence-corrected chi connectivity index (χ0v) is 16.7. The standard InChI is InChI=1S/C21H32O4S/c1-2-3-4-5-6-7-8-9-10-11-12-13-17(22)16-18(23)19-14-15-20(26-19)21(24)25/h14-15H,2-13,16H2,1H3,(H,24,25). The first-order valence-corrected chi connectivity index (χ1v) is 10.7. The molecule has 0 aromatic carbocycles. The van der Waals surface area contributed by atoms with E-state index in [0.717, 1.165) is 30.6 Å². The summed E-state index contributed by atoms with van der Waals surface area (Å²) in [6.45, 7) is 2.23. The summed E-state index contributed by atoms with van der Waals surface area (Å²) >= 11 is 0.935. The normalized spacial score (nSPS) is 10.8. The third-order valence-corrected chi connectivity index (χ3v) is 5.62. The van der Waals surface area contributed by atoms with Gasteiger partial charge in [-0.1, -0.05) is 71.1 Å². The number of carbonyl (C=O) groups is 3. The largest absolute Gasteiger partial charge is 0.477 e. The average molecular weight is 381 g/mol. The van der Waals surface area contributed by atoms with Gasteiger partial charge in [-0.3, -0.25) is 9.59 Å². The number of Topliss-reactive ketones (excluding diaryl/α,β-unsaturated/α-hetero) is 2. The summed E-state index contributed by atoms with van der Waals surface area (Å²) < 4.78 is 0. The first-order valence-electron chi connectivity index (χ1n) is 9.92. The summed E-state index contributed by atoms with van der Waals surface area (Å²) in [6.07, 6.45) is 13.9. The molecule has 1 heterocycles. The van der Waals surface area contributed by atoms with E-state index in [1.165, 1.54) is 63.5 Å².